The van der Waals surface area contributed by atoms with E-state index < -0.39 is 11.9 Å². The molecule has 0 aliphatic rings. The summed E-state index contributed by atoms with van der Waals surface area (Å²) in [6.45, 7) is 9.45. The van der Waals surface area contributed by atoms with Crippen molar-refractivity contribution in [1.29, 1.82) is 0 Å². The van der Waals surface area contributed by atoms with Crippen molar-refractivity contribution in [3.8, 4) is 5.75 Å². The number of allylic oxidation sites excluding steroid dienone is 1. The SMILES string of the molecule is C=C(Cc1ccc(C(=O)O)cc1)N/C(NC(=C)Nc1ccc(OC)c(Cl)c1)=C(\C)C(N)=O. The van der Waals surface area contributed by atoms with Crippen LogP contribution < -0.4 is 26.4 Å². The first kappa shape index (κ1) is 24.4. The van der Waals surface area contributed by atoms with E-state index in [2.05, 4.69) is 29.1 Å². The largest absolute Gasteiger partial charge is 0.495 e. The topological polar surface area (TPSA) is 126 Å². The first-order valence-corrected chi connectivity index (χ1v) is 9.82. The molecule has 0 saturated carbocycles. The number of carbonyl (C=O) groups is 2. The van der Waals surface area contributed by atoms with Crippen molar-refractivity contribution in [2.45, 2.75) is 13.3 Å². The van der Waals surface area contributed by atoms with Gasteiger partial charge in [-0.05, 0) is 42.8 Å². The molecule has 1 amide bonds. The predicted octanol–water partition coefficient (Wildman–Crippen LogP) is 3.58. The number of primary amides is 1. The number of methoxy groups -OCH3 is 1. The molecular formula is C23H25ClN4O4. The Morgan fingerprint density at radius 2 is 1.78 bits per heavy atom. The van der Waals surface area contributed by atoms with Crippen molar-refractivity contribution in [3.05, 3.63) is 94.7 Å². The number of nitrogens with two attached hydrogens (primary N) is 1. The number of hydrogen-bond donors (Lipinski definition) is 5. The van der Waals surface area contributed by atoms with Gasteiger partial charge in [-0.1, -0.05) is 36.9 Å². The molecule has 0 aromatic heterocycles. The molecule has 0 fully saturated rings. The van der Waals surface area contributed by atoms with Crippen molar-refractivity contribution >= 4 is 29.2 Å². The maximum absolute atomic E-state index is 11.8. The fourth-order valence-corrected chi connectivity index (χ4v) is 2.93. The second-order valence-electron chi connectivity index (χ2n) is 6.85. The average Bonchev–Trinajstić information content (AvgIpc) is 2.73. The second-order valence-corrected chi connectivity index (χ2v) is 7.26. The molecule has 0 aliphatic carbocycles. The lowest BCUT2D eigenvalue weighted by Crippen LogP contribution is -2.32. The highest BCUT2D eigenvalue weighted by molar-refractivity contribution is 6.32. The van der Waals surface area contributed by atoms with E-state index in [1.165, 1.54) is 19.2 Å². The van der Waals surface area contributed by atoms with Gasteiger partial charge in [0.2, 0.25) is 5.91 Å². The van der Waals surface area contributed by atoms with Gasteiger partial charge in [0.05, 0.1) is 23.3 Å². The first-order valence-electron chi connectivity index (χ1n) is 9.45. The Hall–Kier alpha value is -3.91. The number of halogens is 1. The predicted molar refractivity (Wildman–Crippen MR) is 125 cm³/mol. The molecule has 0 spiro atoms. The number of carbonyl (C=O) groups excluding carboxylic acids is 1. The molecule has 9 heteroatoms. The number of rotatable bonds is 11. The standard InChI is InChI=1S/C23H25ClN4O4/c1-13(11-16-5-7-17(8-6-16)23(30)31)26-22(14(2)21(25)29)28-15(3)27-18-9-10-20(32-4)19(24)12-18/h5-10,12,26-28H,1,3,11H2,2,4H3,(H2,25,29)(H,30,31)/b22-14-. The van der Waals surface area contributed by atoms with Gasteiger partial charge in [0.15, 0.2) is 0 Å². The highest BCUT2D eigenvalue weighted by Crippen LogP contribution is 2.27. The van der Waals surface area contributed by atoms with Crippen LogP contribution in [0, 0.1) is 0 Å². The molecule has 6 N–H and O–H groups in total. The van der Waals surface area contributed by atoms with E-state index in [0.29, 0.717) is 40.2 Å². The summed E-state index contributed by atoms with van der Waals surface area (Å²) in [7, 11) is 1.53. The van der Waals surface area contributed by atoms with Crippen molar-refractivity contribution < 1.29 is 19.4 Å². The molecule has 0 heterocycles. The number of nitrogens with one attached hydrogen (secondary N) is 3. The third-order valence-electron chi connectivity index (χ3n) is 4.39. The summed E-state index contributed by atoms with van der Waals surface area (Å²) in [5, 5.41) is 18.5. The van der Waals surface area contributed by atoms with Crippen LogP contribution in [-0.4, -0.2) is 24.1 Å². The Morgan fingerprint density at radius 3 is 2.31 bits per heavy atom. The number of carboxylic acids is 1. The van der Waals surface area contributed by atoms with Gasteiger partial charge in [-0.15, -0.1) is 0 Å². The van der Waals surface area contributed by atoms with E-state index in [-0.39, 0.29) is 11.1 Å². The molecule has 0 saturated heterocycles. The normalized spacial score (nSPS) is 11.1. The van der Waals surface area contributed by atoms with Crippen LogP contribution >= 0.6 is 11.6 Å². The Kier molecular flexibility index (Phi) is 8.31. The monoisotopic (exact) mass is 456 g/mol. The summed E-state index contributed by atoms with van der Waals surface area (Å²) >= 11 is 6.14. The zero-order valence-electron chi connectivity index (χ0n) is 17.8. The molecule has 8 nitrogen and oxygen atoms in total. The van der Waals surface area contributed by atoms with E-state index in [9.17, 15) is 9.59 Å². The van der Waals surface area contributed by atoms with Crippen molar-refractivity contribution in [3.63, 3.8) is 0 Å². The van der Waals surface area contributed by atoms with Crippen molar-refractivity contribution in [1.82, 2.24) is 10.6 Å². The van der Waals surface area contributed by atoms with E-state index in [1.807, 2.05) is 0 Å². The number of anilines is 1. The minimum atomic E-state index is -0.996. The van der Waals surface area contributed by atoms with Crippen LogP contribution in [0.5, 0.6) is 5.75 Å². The van der Waals surface area contributed by atoms with Crippen LogP contribution in [0.2, 0.25) is 5.02 Å². The summed E-state index contributed by atoms with van der Waals surface area (Å²) in [5.41, 5.74) is 7.93. The number of aromatic carboxylic acids is 1. The molecule has 32 heavy (non-hydrogen) atoms. The van der Waals surface area contributed by atoms with Crippen molar-refractivity contribution in [2.75, 3.05) is 12.4 Å². The number of amides is 1. The minimum absolute atomic E-state index is 0.195. The maximum Gasteiger partial charge on any atom is 0.335 e. The molecule has 0 atom stereocenters. The summed E-state index contributed by atoms with van der Waals surface area (Å²) in [4.78, 5) is 22.7. The number of benzene rings is 2. The van der Waals surface area contributed by atoms with Crippen LogP contribution in [0.15, 0.2) is 78.5 Å². The lowest BCUT2D eigenvalue weighted by Gasteiger charge is -2.20. The van der Waals surface area contributed by atoms with Gasteiger partial charge >= 0.3 is 5.97 Å². The quantitative estimate of drug-likeness (QED) is 0.327. The second kappa shape index (κ2) is 10.9. The molecule has 2 rings (SSSR count). The van der Waals surface area contributed by atoms with Crippen LogP contribution in [-0.2, 0) is 11.2 Å². The third kappa shape index (κ3) is 6.82. The van der Waals surface area contributed by atoms with E-state index in [0.717, 1.165) is 5.56 Å². The molecule has 0 radical (unpaired) electrons. The van der Waals surface area contributed by atoms with Crippen LogP contribution in [0.1, 0.15) is 22.8 Å². The van der Waals surface area contributed by atoms with Crippen LogP contribution in [0.25, 0.3) is 0 Å². The van der Waals surface area contributed by atoms with E-state index >= 15 is 0 Å². The van der Waals surface area contributed by atoms with E-state index in [1.54, 1.807) is 37.3 Å². The molecule has 0 bridgehead atoms. The highest BCUT2D eigenvalue weighted by atomic mass is 35.5. The summed E-state index contributed by atoms with van der Waals surface area (Å²) in [6, 6.07) is 11.6. The Balaban J connectivity index is 2.09. The van der Waals surface area contributed by atoms with Gasteiger partial charge in [-0.2, -0.15) is 0 Å². The average molecular weight is 457 g/mol. The lowest BCUT2D eigenvalue weighted by atomic mass is 10.1. The minimum Gasteiger partial charge on any atom is -0.495 e. The zero-order chi connectivity index (χ0) is 23.8. The molecular weight excluding hydrogens is 432 g/mol. The fourth-order valence-electron chi connectivity index (χ4n) is 2.68. The molecule has 0 aliphatic heterocycles. The molecule has 2 aromatic rings. The molecule has 2 aromatic carbocycles. The Labute approximate surface area is 191 Å². The van der Waals surface area contributed by atoms with Crippen LogP contribution in [0.3, 0.4) is 0 Å². The third-order valence-corrected chi connectivity index (χ3v) is 4.68. The van der Waals surface area contributed by atoms with Crippen LogP contribution in [0.4, 0.5) is 5.69 Å². The number of ether oxygens (including phenoxy) is 1. The lowest BCUT2D eigenvalue weighted by molar-refractivity contribution is -0.114. The van der Waals surface area contributed by atoms with Gasteiger partial charge < -0.3 is 31.5 Å². The Bertz CT molecular complexity index is 1080. The highest BCUT2D eigenvalue weighted by Gasteiger charge is 2.12. The van der Waals surface area contributed by atoms with Gasteiger partial charge in [0.1, 0.15) is 17.4 Å². The zero-order valence-corrected chi connectivity index (χ0v) is 18.5. The summed E-state index contributed by atoms with van der Waals surface area (Å²) in [5.74, 6) is -0.423. The summed E-state index contributed by atoms with van der Waals surface area (Å²) in [6.07, 6.45) is 0.394. The maximum atomic E-state index is 11.8. The Morgan fingerprint density at radius 1 is 1.12 bits per heavy atom. The number of hydrogen-bond acceptors (Lipinski definition) is 6. The number of carboxylic acid groups (broad SMARTS) is 1. The van der Waals surface area contributed by atoms with Gasteiger partial charge in [0, 0.05) is 17.8 Å². The van der Waals surface area contributed by atoms with Gasteiger partial charge in [-0.25, -0.2) is 4.79 Å². The molecule has 0 unspecified atom stereocenters. The van der Waals surface area contributed by atoms with Gasteiger partial charge in [-0.3, -0.25) is 4.79 Å². The summed E-state index contributed by atoms with van der Waals surface area (Å²) < 4.78 is 5.13. The smallest absolute Gasteiger partial charge is 0.335 e. The van der Waals surface area contributed by atoms with Gasteiger partial charge in [0.25, 0.3) is 0 Å². The fraction of sp³-hybridized carbons (Fsp3) is 0.130. The molecule has 168 valence electrons. The first-order chi connectivity index (χ1) is 15.1. The van der Waals surface area contributed by atoms with Crippen molar-refractivity contribution in [2.24, 2.45) is 5.73 Å². The van der Waals surface area contributed by atoms with E-state index in [4.69, 9.17) is 27.2 Å².